The van der Waals surface area contributed by atoms with Gasteiger partial charge in [-0.3, -0.25) is 0 Å². The molecule has 3 N–H and O–H groups in total. The van der Waals surface area contributed by atoms with Crippen LogP contribution in [0.5, 0.6) is 0 Å². The second-order valence-corrected chi connectivity index (χ2v) is 4.01. The molecule has 0 bridgehead atoms. The summed E-state index contributed by atoms with van der Waals surface area (Å²) in [5.74, 6) is 0. The van der Waals surface area contributed by atoms with E-state index in [1.165, 1.54) is 0 Å². The van der Waals surface area contributed by atoms with Crippen molar-refractivity contribution in [2.75, 3.05) is 13.6 Å². The SMILES string of the molecule is CNCC(O)C(O)c1cccc(CBr)c1. The first kappa shape index (κ1) is 12.6. The molecule has 4 heteroatoms. The normalized spacial score (nSPS) is 14.9. The second kappa shape index (κ2) is 6.23. The third-order valence-corrected chi connectivity index (χ3v) is 2.87. The van der Waals surface area contributed by atoms with Crippen LogP contribution in [0.2, 0.25) is 0 Å². The number of aliphatic hydroxyl groups excluding tert-OH is 2. The Morgan fingerprint density at radius 3 is 2.73 bits per heavy atom. The molecule has 0 aromatic heterocycles. The summed E-state index contributed by atoms with van der Waals surface area (Å²) in [5, 5.41) is 23.0. The molecule has 1 aromatic rings. The van der Waals surface area contributed by atoms with E-state index in [0.29, 0.717) is 6.54 Å². The zero-order valence-corrected chi connectivity index (χ0v) is 10.2. The van der Waals surface area contributed by atoms with Crippen LogP contribution < -0.4 is 5.32 Å². The van der Waals surface area contributed by atoms with Crippen LogP contribution in [0.3, 0.4) is 0 Å². The minimum Gasteiger partial charge on any atom is -0.389 e. The van der Waals surface area contributed by atoms with Crippen molar-refractivity contribution >= 4 is 15.9 Å². The molecule has 0 fully saturated rings. The highest BCUT2D eigenvalue weighted by Gasteiger charge is 2.17. The monoisotopic (exact) mass is 273 g/mol. The van der Waals surface area contributed by atoms with E-state index in [2.05, 4.69) is 21.2 Å². The Morgan fingerprint density at radius 1 is 1.40 bits per heavy atom. The number of hydrogen-bond donors (Lipinski definition) is 3. The van der Waals surface area contributed by atoms with E-state index in [4.69, 9.17) is 0 Å². The predicted molar refractivity (Wildman–Crippen MR) is 64.0 cm³/mol. The average molecular weight is 274 g/mol. The molecule has 1 aromatic carbocycles. The highest BCUT2D eigenvalue weighted by atomic mass is 79.9. The van der Waals surface area contributed by atoms with E-state index in [0.717, 1.165) is 16.5 Å². The average Bonchev–Trinajstić information content (AvgIpc) is 2.28. The van der Waals surface area contributed by atoms with E-state index >= 15 is 0 Å². The Hall–Kier alpha value is -0.420. The van der Waals surface area contributed by atoms with E-state index < -0.39 is 12.2 Å². The molecular weight excluding hydrogens is 258 g/mol. The summed E-state index contributed by atoms with van der Waals surface area (Å²) in [6.07, 6.45) is -1.61. The van der Waals surface area contributed by atoms with Crippen LogP contribution in [0, 0.1) is 0 Å². The van der Waals surface area contributed by atoms with Gasteiger partial charge in [0.2, 0.25) is 0 Å². The van der Waals surface area contributed by atoms with Crippen LogP contribution in [-0.4, -0.2) is 29.9 Å². The van der Waals surface area contributed by atoms with Crippen molar-refractivity contribution in [3.63, 3.8) is 0 Å². The maximum atomic E-state index is 9.83. The molecule has 0 aliphatic heterocycles. The van der Waals surface area contributed by atoms with Gasteiger partial charge in [0, 0.05) is 11.9 Å². The van der Waals surface area contributed by atoms with Crippen LogP contribution in [-0.2, 0) is 5.33 Å². The van der Waals surface area contributed by atoms with Gasteiger partial charge in [-0.05, 0) is 18.2 Å². The zero-order valence-electron chi connectivity index (χ0n) is 8.65. The first-order valence-electron chi connectivity index (χ1n) is 4.84. The molecule has 1 rings (SSSR count). The van der Waals surface area contributed by atoms with Crippen LogP contribution in [0.25, 0.3) is 0 Å². The van der Waals surface area contributed by atoms with Crippen molar-refractivity contribution in [3.05, 3.63) is 35.4 Å². The standard InChI is InChI=1S/C11H16BrNO2/c1-13-7-10(14)11(15)9-4-2-3-8(5-9)6-12/h2-5,10-11,13-15H,6-7H2,1H3. The Morgan fingerprint density at radius 2 is 2.13 bits per heavy atom. The van der Waals surface area contributed by atoms with Gasteiger partial charge in [0.15, 0.2) is 0 Å². The molecule has 84 valence electrons. The van der Waals surface area contributed by atoms with Crippen molar-refractivity contribution in [2.45, 2.75) is 17.5 Å². The molecule has 0 amide bonds. The second-order valence-electron chi connectivity index (χ2n) is 3.45. The highest BCUT2D eigenvalue weighted by Crippen LogP contribution is 2.19. The summed E-state index contributed by atoms with van der Waals surface area (Å²) in [6.45, 7) is 0.375. The van der Waals surface area contributed by atoms with Crippen molar-refractivity contribution in [2.24, 2.45) is 0 Å². The molecule has 0 saturated carbocycles. The summed E-state index contributed by atoms with van der Waals surface area (Å²) < 4.78 is 0. The van der Waals surface area contributed by atoms with Gasteiger partial charge in [-0.15, -0.1) is 0 Å². The van der Waals surface area contributed by atoms with Gasteiger partial charge in [-0.25, -0.2) is 0 Å². The maximum Gasteiger partial charge on any atom is 0.106 e. The number of rotatable bonds is 5. The number of hydrogen-bond acceptors (Lipinski definition) is 3. The lowest BCUT2D eigenvalue weighted by molar-refractivity contribution is 0.0202. The molecular formula is C11H16BrNO2. The lowest BCUT2D eigenvalue weighted by atomic mass is 10.0. The molecule has 0 aliphatic rings. The van der Waals surface area contributed by atoms with E-state index in [-0.39, 0.29) is 0 Å². The highest BCUT2D eigenvalue weighted by molar-refractivity contribution is 9.08. The largest absolute Gasteiger partial charge is 0.389 e. The van der Waals surface area contributed by atoms with Crippen molar-refractivity contribution in [1.82, 2.24) is 5.32 Å². The van der Waals surface area contributed by atoms with Crippen LogP contribution in [0.15, 0.2) is 24.3 Å². The molecule has 0 heterocycles. The van der Waals surface area contributed by atoms with Crippen LogP contribution in [0.1, 0.15) is 17.2 Å². The summed E-state index contributed by atoms with van der Waals surface area (Å²) in [5.41, 5.74) is 1.83. The fourth-order valence-electron chi connectivity index (χ4n) is 1.40. The van der Waals surface area contributed by atoms with Crippen molar-refractivity contribution < 1.29 is 10.2 Å². The Kier molecular flexibility index (Phi) is 5.25. The maximum absolute atomic E-state index is 9.83. The summed E-state index contributed by atoms with van der Waals surface area (Å²) in [7, 11) is 1.74. The van der Waals surface area contributed by atoms with Gasteiger partial charge < -0.3 is 15.5 Å². The smallest absolute Gasteiger partial charge is 0.106 e. The van der Waals surface area contributed by atoms with Gasteiger partial charge in [-0.2, -0.15) is 0 Å². The van der Waals surface area contributed by atoms with Gasteiger partial charge in [-0.1, -0.05) is 40.2 Å². The van der Waals surface area contributed by atoms with E-state index in [1.54, 1.807) is 7.05 Å². The number of likely N-dealkylation sites (N-methyl/N-ethyl adjacent to an activating group) is 1. The molecule has 0 saturated heterocycles. The number of halogens is 1. The van der Waals surface area contributed by atoms with Crippen LogP contribution >= 0.6 is 15.9 Å². The Labute approximate surface area is 98.3 Å². The lowest BCUT2D eigenvalue weighted by Gasteiger charge is -2.18. The number of nitrogens with one attached hydrogen (secondary N) is 1. The summed E-state index contributed by atoms with van der Waals surface area (Å²) in [4.78, 5) is 0. The number of alkyl halides is 1. The molecule has 0 spiro atoms. The van der Waals surface area contributed by atoms with Gasteiger partial charge in [0.1, 0.15) is 6.10 Å². The summed E-state index contributed by atoms with van der Waals surface area (Å²) >= 11 is 3.35. The first-order valence-corrected chi connectivity index (χ1v) is 5.96. The molecule has 0 aliphatic carbocycles. The fraction of sp³-hybridized carbons (Fsp3) is 0.455. The molecule has 15 heavy (non-hydrogen) atoms. The minimum atomic E-state index is -0.837. The van der Waals surface area contributed by atoms with E-state index in [9.17, 15) is 10.2 Å². The van der Waals surface area contributed by atoms with Gasteiger partial charge in [0.25, 0.3) is 0 Å². The number of benzene rings is 1. The third-order valence-electron chi connectivity index (χ3n) is 2.22. The van der Waals surface area contributed by atoms with Gasteiger partial charge >= 0.3 is 0 Å². The number of aliphatic hydroxyl groups is 2. The fourth-order valence-corrected chi connectivity index (χ4v) is 1.75. The quantitative estimate of drug-likeness (QED) is 0.707. The molecule has 2 atom stereocenters. The van der Waals surface area contributed by atoms with Gasteiger partial charge in [0.05, 0.1) is 6.10 Å². The van der Waals surface area contributed by atoms with Crippen molar-refractivity contribution in [1.29, 1.82) is 0 Å². The molecule has 3 nitrogen and oxygen atoms in total. The Bertz CT molecular complexity index is 306. The third kappa shape index (κ3) is 3.57. The molecule has 0 radical (unpaired) electrons. The van der Waals surface area contributed by atoms with Crippen LogP contribution in [0.4, 0.5) is 0 Å². The predicted octanol–water partition coefficient (Wildman–Crippen LogP) is 1.20. The van der Waals surface area contributed by atoms with Crippen molar-refractivity contribution in [3.8, 4) is 0 Å². The first-order chi connectivity index (χ1) is 7.19. The Balaban J connectivity index is 2.76. The zero-order chi connectivity index (χ0) is 11.3. The molecule has 2 unspecified atom stereocenters. The minimum absolute atomic E-state index is 0.375. The summed E-state index contributed by atoms with van der Waals surface area (Å²) in [6, 6.07) is 7.55. The van der Waals surface area contributed by atoms with E-state index in [1.807, 2.05) is 24.3 Å². The topological polar surface area (TPSA) is 52.5 Å². The lowest BCUT2D eigenvalue weighted by Crippen LogP contribution is -2.29.